The van der Waals surface area contributed by atoms with Crippen LogP contribution < -0.4 is 10.7 Å². The summed E-state index contributed by atoms with van der Waals surface area (Å²) in [5, 5.41) is 6.69. The minimum atomic E-state index is -0.525. The Kier molecular flexibility index (Phi) is 8.59. The molecule has 0 spiro atoms. The predicted molar refractivity (Wildman–Crippen MR) is 144 cm³/mol. The third kappa shape index (κ3) is 7.10. The molecule has 0 saturated carbocycles. The van der Waals surface area contributed by atoms with Gasteiger partial charge in [0.2, 0.25) is 0 Å². The van der Waals surface area contributed by atoms with Gasteiger partial charge in [0, 0.05) is 33.1 Å². The molecule has 6 nitrogen and oxygen atoms in total. The Balaban J connectivity index is 1.40. The lowest BCUT2D eigenvalue weighted by Crippen LogP contribution is -2.21. The smallest absolute Gasteiger partial charge is 0.273 e. The van der Waals surface area contributed by atoms with Gasteiger partial charge in [0.05, 0.1) is 17.5 Å². The number of nitrogens with one attached hydrogen (secondary N) is 2. The number of hydrogen-bond donors (Lipinski definition) is 2. The van der Waals surface area contributed by atoms with E-state index in [1.807, 2.05) is 24.3 Å². The highest BCUT2D eigenvalue weighted by Gasteiger charge is 2.15. The highest BCUT2D eigenvalue weighted by atomic mass is 79.9. The summed E-state index contributed by atoms with van der Waals surface area (Å²) in [6.45, 7) is 0. The standard InChI is InChI=1S/C27H20BrFN4O2S/c28-21-8-9-25(24(15-21)27(35)33-31-16-19-2-1-3-22(29)14-19)32-26(34)20-6-4-18(5-7-20)17-36-23-10-12-30-13-11-23/h1-16H,17H2,(H,32,34)(H,33,35)/b31-16+. The Morgan fingerprint density at radius 2 is 1.75 bits per heavy atom. The van der Waals surface area contributed by atoms with E-state index in [-0.39, 0.29) is 11.5 Å². The van der Waals surface area contributed by atoms with Crippen molar-refractivity contribution in [3.05, 3.63) is 124 Å². The first-order valence-corrected chi connectivity index (χ1v) is 12.6. The van der Waals surface area contributed by atoms with Crippen LogP contribution >= 0.6 is 27.7 Å². The van der Waals surface area contributed by atoms with Crippen molar-refractivity contribution < 1.29 is 14.0 Å². The molecule has 1 aromatic heterocycles. The number of nitrogens with zero attached hydrogens (tertiary/aromatic N) is 2. The van der Waals surface area contributed by atoms with Crippen LogP contribution in [0.15, 0.2) is 106 Å². The Morgan fingerprint density at radius 3 is 2.50 bits per heavy atom. The van der Waals surface area contributed by atoms with Crippen LogP contribution in [0.3, 0.4) is 0 Å². The third-order valence-corrected chi connectivity index (χ3v) is 6.55. The molecular formula is C27H20BrFN4O2S. The van der Waals surface area contributed by atoms with E-state index >= 15 is 0 Å². The average Bonchev–Trinajstić information content (AvgIpc) is 2.89. The summed E-state index contributed by atoms with van der Waals surface area (Å²) in [7, 11) is 0. The van der Waals surface area contributed by atoms with Crippen LogP contribution in [0.5, 0.6) is 0 Å². The first-order valence-electron chi connectivity index (χ1n) is 10.8. The first-order chi connectivity index (χ1) is 17.5. The number of thioether (sulfide) groups is 1. The van der Waals surface area contributed by atoms with Gasteiger partial charge in [0.25, 0.3) is 11.8 Å². The molecule has 2 amide bonds. The fraction of sp³-hybridized carbons (Fsp3) is 0.0370. The van der Waals surface area contributed by atoms with E-state index in [4.69, 9.17) is 0 Å². The monoisotopic (exact) mass is 562 g/mol. The molecule has 0 unspecified atom stereocenters. The highest BCUT2D eigenvalue weighted by Crippen LogP contribution is 2.24. The zero-order valence-corrected chi connectivity index (χ0v) is 21.2. The molecule has 0 saturated heterocycles. The maximum absolute atomic E-state index is 13.3. The maximum atomic E-state index is 13.3. The second kappa shape index (κ2) is 12.2. The Hall–Kier alpha value is -3.82. The molecule has 36 heavy (non-hydrogen) atoms. The van der Waals surface area contributed by atoms with Gasteiger partial charge >= 0.3 is 0 Å². The lowest BCUT2D eigenvalue weighted by Gasteiger charge is -2.11. The topological polar surface area (TPSA) is 83.5 Å². The number of aromatic nitrogens is 1. The second-order valence-corrected chi connectivity index (χ2v) is 9.53. The number of pyridine rings is 1. The van der Waals surface area contributed by atoms with Gasteiger partial charge < -0.3 is 5.32 Å². The Morgan fingerprint density at radius 1 is 0.972 bits per heavy atom. The van der Waals surface area contributed by atoms with E-state index in [2.05, 4.69) is 36.8 Å². The van der Waals surface area contributed by atoms with Crippen LogP contribution in [0.4, 0.5) is 10.1 Å². The van der Waals surface area contributed by atoms with Crippen LogP contribution in [0, 0.1) is 5.82 Å². The number of hydrogen-bond acceptors (Lipinski definition) is 5. The number of anilines is 1. The molecule has 0 aliphatic heterocycles. The Bertz CT molecular complexity index is 1400. The molecule has 0 aliphatic carbocycles. The van der Waals surface area contributed by atoms with E-state index in [0.717, 1.165) is 16.2 Å². The summed E-state index contributed by atoms with van der Waals surface area (Å²) in [5.74, 6) is -0.507. The van der Waals surface area contributed by atoms with Crippen molar-refractivity contribution in [1.29, 1.82) is 0 Å². The van der Waals surface area contributed by atoms with E-state index < -0.39 is 11.7 Å². The molecule has 0 atom stereocenters. The summed E-state index contributed by atoms with van der Waals surface area (Å²) >= 11 is 5.03. The van der Waals surface area contributed by atoms with Crippen molar-refractivity contribution in [2.24, 2.45) is 5.10 Å². The number of hydrazone groups is 1. The zero-order chi connectivity index (χ0) is 25.3. The maximum Gasteiger partial charge on any atom is 0.273 e. The lowest BCUT2D eigenvalue weighted by atomic mass is 10.1. The fourth-order valence-corrected chi connectivity index (χ4v) is 4.37. The second-order valence-electron chi connectivity index (χ2n) is 7.57. The van der Waals surface area contributed by atoms with E-state index in [1.54, 1.807) is 66.6 Å². The number of benzene rings is 3. The van der Waals surface area contributed by atoms with Gasteiger partial charge in [-0.05, 0) is 65.7 Å². The molecule has 0 radical (unpaired) electrons. The molecule has 3 aromatic carbocycles. The van der Waals surface area contributed by atoms with Gasteiger partial charge in [-0.1, -0.05) is 40.2 Å². The minimum Gasteiger partial charge on any atom is -0.321 e. The van der Waals surface area contributed by atoms with Crippen molar-refractivity contribution in [3.63, 3.8) is 0 Å². The quantitative estimate of drug-likeness (QED) is 0.150. The van der Waals surface area contributed by atoms with Gasteiger partial charge in [-0.3, -0.25) is 14.6 Å². The summed E-state index contributed by atoms with van der Waals surface area (Å²) in [5.41, 5.74) is 5.01. The number of amides is 2. The molecule has 2 N–H and O–H groups in total. The van der Waals surface area contributed by atoms with Crippen molar-refractivity contribution in [3.8, 4) is 0 Å². The summed E-state index contributed by atoms with van der Waals surface area (Å²) < 4.78 is 14.0. The van der Waals surface area contributed by atoms with E-state index in [0.29, 0.717) is 21.3 Å². The number of rotatable bonds is 8. The molecule has 0 bridgehead atoms. The molecular weight excluding hydrogens is 543 g/mol. The number of halogens is 2. The van der Waals surface area contributed by atoms with Gasteiger partial charge in [-0.15, -0.1) is 11.8 Å². The fourth-order valence-electron chi connectivity index (χ4n) is 3.17. The molecule has 0 fully saturated rings. The zero-order valence-electron chi connectivity index (χ0n) is 18.8. The molecule has 180 valence electrons. The normalized spacial score (nSPS) is 10.8. The molecule has 0 aliphatic rings. The number of carbonyl (C=O) groups excluding carboxylic acids is 2. The molecule has 4 rings (SSSR count). The van der Waals surface area contributed by atoms with E-state index in [9.17, 15) is 14.0 Å². The summed E-state index contributed by atoms with van der Waals surface area (Å²) in [4.78, 5) is 30.7. The van der Waals surface area contributed by atoms with Gasteiger partial charge in [0.1, 0.15) is 5.82 Å². The molecule has 1 heterocycles. The van der Waals surface area contributed by atoms with Crippen LogP contribution in [0.1, 0.15) is 31.8 Å². The SMILES string of the molecule is O=C(Nc1ccc(Br)cc1C(=O)N/N=C/c1cccc(F)c1)c1ccc(CSc2ccncc2)cc1. The van der Waals surface area contributed by atoms with Crippen LogP contribution in [-0.2, 0) is 5.75 Å². The third-order valence-electron chi connectivity index (χ3n) is 4.97. The largest absolute Gasteiger partial charge is 0.321 e. The van der Waals surface area contributed by atoms with E-state index in [1.165, 1.54) is 18.3 Å². The van der Waals surface area contributed by atoms with Gasteiger partial charge in [-0.2, -0.15) is 5.10 Å². The van der Waals surface area contributed by atoms with Crippen LogP contribution in [0.25, 0.3) is 0 Å². The van der Waals surface area contributed by atoms with Gasteiger partial charge in [0.15, 0.2) is 0 Å². The summed E-state index contributed by atoms with van der Waals surface area (Å²) in [6, 6.07) is 22.0. The minimum absolute atomic E-state index is 0.222. The lowest BCUT2D eigenvalue weighted by molar-refractivity contribution is 0.0956. The first kappa shape index (κ1) is 25.3. The van der Waals surface area contributed by atoms with Crippen LogP contribution in [0.2, 0.25) is 0 Å². The molecule has 4 aromatic rings. The molecule has 9 heteroatoms. The summed E-state index contributed by atoms with van der Waals surface area (Å²) in [6.07, 6.45) is 4.85. The van der Waals surface area contributed by atoms with Crippen molar-refractivity contribution in [2.75, 3.05) is 5.32 Å². The number of carbonyl (C=O) groups is 2. The van der Waals surface area contributed by atoms with Gasteiger partial charge in [-0.25, -0.2) is 9.82 Å². The van der Waals surface area contributed by atoms with Crippen LogP contribution in [-0.4, -0.2) is 23.0 Å². The van der Waals surface area contributed by atoms with Crippen molar-refractivity contribution >= 4 is 51.4 Å². The Labute approximate surface area is 220 Å². The highest BCUT2D eigenvalue weighted by molar-refractivity contribution is 9.10. The average molecular weight is 563 g/mol. The van der Waals surface area contributed by atoms with Crippen molar-refractivity contribution in [1.82, 2.24) is 10.4 Å². The predicted octanol–water partition coefficient (Wildman–Crippen LogP) is 6.29. The van der Waals surface area contributed by atoms with Crippen molar-refractivity contribution in [2.45, 2.75) is 10.6 Å².